The summed E-state index contributed by atoms with van der Waals surface area (Å²) in [5.74, 6) is 0.288. The number of anilines is 1. The largest absolute Gasteiger partial charge is 0.361 e. The summed E-state index contributed by atoms with van der Waals surface area (Å²) in [5.41, 5.74) is 2.34. The molecule has 0 radical (unpaired) electrons. The monoisotopic (exact) mass is 403 g/mol. The van der Waals surface area contributed by atoms with Crippen LogP contribution in [-0.4, -0.2) is 34.0 Å². The van der Waals surface area contributed by atoms with E-state index in [9.17, 15) is 9.59 Å². The molecule has 1 aliphatic heterocycles. The lowest BCUT2D eigenvalue weighted by Crippen LogP contribution is -2.47. The van der Waals surface area contributed by atoms with E-state index < -0.39 is 0 Å². The number of amides is 2. The molecule has 2 heterocycles. The molecule has 2 amide bonds. The lowest BCUT2D eigenvalue weighted by Gasteiger charge is -2.39. The number of likely N-dealkylation sites (tertiary alicyclic amines) is 1. The maximum Gasteiger partial charge on any atom is 0.256 e. The number of nitrogens with zero attached hydrogens (tertiary/aromatic N) is 2. The molecule has 6 nitrogen and oxygen atoms in total. The molecule has 3 rings (SSSR count). The standard InChI is InChI=1S/C21H26ClN3O3/c1-12-6-5-7-13(2)25(12)21(27)18-10-16(22)8-9-19(18)23-20(26)11-17-14(3)24-28-15(17)4/h8-10,12-13H,5-7,11H2,1-4H3,(H,23,26). The van der Waals surface area contributed by atoms with E-state index in [1.54, 1.807) is 32.0 Å². The van der Waals surface area contributed by atoms with Crippen LogP contribution in [-0.2, 0) is 11.2 Å². The Morgan fingerprint density at radius 2 is 1.93 bits per heavy atom. The molecule has 1 aromatic heterocycles. The van der Waals surface area contributed by atoms with Gasteiger partial charge < -0.3 is 14.7 Å². The Morgan fingerprint density at radius 3 is 2.54 bits per heavy atom. The van der Waals surface area contributed by atoms with Crippen LogP contribution in [0.5, 0.6) is 0 Å². The van der Waals surface area contributed by atoms with Crippen LogP contribution in [0, 0.1) is 13.8 Å². The van der Waals surface area contributed by atoms with Crippen molar-refractivity contribution in [3.8, 4) is 0 Å². The number of aromatic nitrogens is 1. The number of benzene rings is 1. The summed E-state index contributed by atoms with van der Waals surface area (Å²) >= 11 is 6.16. The number of aryl methyl sites for hydroxylation is 2. The van der Waals surface area contributed by atoms with Gasteiger partial charge in [-0.05, 0) is 65.2 Å². The van der Waals surface area contributed by atoms with Crippen molar-refractivity contribution in [2.75, 3.05) is 5.32 Å². The molecule has 0 aliphatic carbocycles. The third kappa shape index (κ3) is 4.22. The minimum atomic E-state index is -0.231. The third-order valence-electron chi connectivity index (χ3n) is 5.43. The SMILES string of the molecule is Cc1noc(C)c1CC(=O)Nc1ccc(Cl)cc1C(=O)N1C(C)CCCC1C. The number of carbonyl (C=O) groups excluding carboxylic acids is 2. The molecule has 150 valence electrons. The highest BCUT2D eigenvalue weighted by atomic mass is 35.5. The Hall–Kier alpha value is -2.34. The zero-order valence-electron chi connectivity index (χ0n) is 16.7. The molecule has 2 aromatic rings. The fourth-order valence-electron chi connectivity index (χ4n) is 3.87. The summed E-state index contributed by atoms with van der Waals surface area (Å²) in [6, 6.07) is 5.29. The fraction of sp³-hybridized carbons (Fsp3) is 0.476. The minimum absolute atomic E-state index is 0.102. The first kappa shape index (κ1) is 20.4. The van der Waals surface area contributed by atoms with Gasteiger partial charge in [-0.25, -0.2) is 0 Å². The van der Waals surface area contributed by atoms with E-state index >= 15 is 0 Å². The zero-order chi connectivity index (χ0) is 20.4. The van der Waals surface area contributed by atoms with Gasteiger partial charge >= 0.3 is 0 Å². The van der Waals surface area contributed by atoms with Crippen LogP contribution in [0.3, 0.4) is 0 Å². The summed E-state index contributed by atoms with van der Waals surface area (Å²) in [6.07, 6.45) is 3.20. The molecule has 1 aromatic carbocycles. The van der Waals surface area contributed by atoms with Gasteiger partial charge in [0.1, 0.15) is 5.76 Å². The molecule has 0 saturated carbocycles. The topological polar surface area (TPSA) is 75.4 Å². The zero-order valence-corrected chi connectivity index (χ0v) is 17.5. The summed E-state index contributed by atoms with van der Waals surface area (Å²) in [6.45, 7) is 7.70. The van der Waals surface area contributed by atoms with Crippen LogP contribution in [0.2, 0.25) is 5.02 Å². The Balaban J connectivity index is 1.84. The van der Waals surface area contributed by atoms with Crippen molar-refractivity contribution in [3.63, 3.8) is 0 Å². The van der Waals surface area contributed by atoms with Crippen LogP contribution < -0.4 is 5.32 Å². The molecule has 0 spiro atoms. The molecule has 1 fully saturated rings. The second-order valence-corrected chi connectivity index (χ2v) is 8.00. The van der Waals surface area contributed by atoms with Gasteiger partial charge in [-0.15, -0.1) is 0 Å². The van der Waals surface area contributed by atoms with Crippen molar-refractivity contribution in [2.24, 2.45) is 0 Å². The number of hydrogen-bond acceptors (Lipinski definition) is 4. The van der Waals surface area contributed by atoms with Crippen molar-refractivity contribution in [2.45, 2.75) is 65.5 Å². The van der Waals surface area contributed by atoms with Crippen LogP contribution in [0.15, 0.2) is 22.7 Å². The van der Waals surface area contributed by atoms with Gasteiger partial charge in [-0.2, -0.15) is 0 Å². The highest BCUT2D eigenvalue weighted by molar-refractivity contribution is 6.31. The lowest BCUT2D eigenvalue weighted by atomic mass is 9.96. The Labute approximate surface area is 170 Å². The first-order valence-electron chi connectivity index (χ1n) is 9.61. The first-order chi connectivity index (χ1) is 13.3. The number of rotatable bonds is 4. The smallest absolute Gasteiger partial charge is 0.256 e. The van der Waals surface area contributed by atoms with Gasteiger partial charge in [0.15, 0.2) is 0 Å². The van der Waals surface area contributed by atoms with Gasteiger partial charge in [0.2, 0.25) is 5.91 Å². The molecule has 1 aliphatic rings. The van der Waals surface area contributed by atoms with Crippen LogP contribution in [0.4, 0.5) is 5.69 Å². The van der Waals surface area contributed by atoms with Crippen molar-refractivity contribution >= 4 is 29.1 Å². The molecule has 2 unspecified atom stereocenters. The van der Waals surface area contributed by atoms with Crippen LogP contribution in [0.25, 0.3) is 0 Å². The van der Waals surface area contributed by atoms with Gasteiger partial charge in [-0.3, -0.25) is 9.59 Å². The predicted molar refractivity (Wildman–Crippen MR) is 109 cm³/mol. The summed E-state index contributed by atoms with van der Waals surface area (Å²) in [5, 5.41) is 7.21. The fourth-order valence-corrected chi connectivity index (χ4v) is 4.04. The summed E-state index contributed by atoms with van der Waals surface area (Å²) in [4.78, 5) is 27.8. The second kappa shape index (κ2) is 8.35. The minimum Gasteiger partial charge on any atom is -0.361 e. The maximum absolute atomic E-state index is 13.3. The van der Waals surface area contributed by atoms with Gasteiger partial charge in [0.05, 0.1) is 23.4 Å². The van der Waals surface area contributed by atoms with Gasteiger partial charge in [0, 0.05) is 22.7 Å². The van der Waals surface area contributed by atoms with E-state index in [1.165, 1.54) is 0 Å². The van der Waals surface area contributed by atoms with Crippen molar-refractivity contribution in [1.29, 1.82) is 0 Å². The predicted octanol–water partition coefficient (Wildman–Crippen LogP) is 4.53. The van der Waals surface area contributed by atoms with E-state index in [4.69, 9.17) is 16.1 Å². The average Bonchev–Trinajstić information content (AvgIpc) is 2.95. The van der Waals surface area contributed by atoms with Gasteiger partial charge in [-0.1, -0.05) is 16.8 Å². The Kier molecular flexibility index (Phi) is 6.08. The molecule has 1 N–H and O–H groups in total. The van der Waals surface area contributed by atoms with E-state index in [0.717, 1.165) is 24.8 Å². The number of hydrogen-bond donors (Lipinski definition) is 1. The second-order valence-electron chi connectivity index (χ2n) is 7.56. The molecule has 1 saturated heterocycles. The van der Waals surface area contributed by atoms with Crippen LogP contribution >= 0.6 is 11.6 Å². The van der Waals surface area contributed by atoms with E-state index in [1.807, 2.05) is 4.90 Å². The van der Waals surface area contributed by atoms with Gasteiger partial charge in [0.25, 0.3) is 5.91 Å². The van der Waals surface area contributed by atoms with E-state index in [0.29, 0.717) is 27.7 Å². The normalized spacial score (nSPS) is 19.5. The molecule has 7 heteroatoms. The lowest BCUT2D eigenvalue weighted by molar-refractivity contribution is -0.115. The average molecular weight is 404 g/mol. The third-order valence-corrected chi connectivity index (χ3v) is 5.67. The number of carbonyl (C=O) groups is 2. The first-order valence-corrected chi connectivity index (χ1v) is 9.99. The number of nitrogens with one attached hydrogen (secondary N) is 1. The van der Waals surface area contributed by atoms with Crippen LogP contribution in [0.1, 0.15) is 60.5 Å². The Bertz CT molecular complexity index is 864. The quantitative estimate of drug-likeness (QED) is 0.813. The van der Waals surface area contributed by atoms with Crippen molar-refractivity contribution in [1.82, 2.24) is 10.1 Å². The van der Waals surface area contributed by atoms with E-state index in [-0.39, 0.29) is 30.3 Å². The molecule has 2 atom stereocenters. The molecule has 28 heavy (non-hydrogen) atoms. The molecular weight excluding hydrogens is 378 g/mol. The number of piperidine rings is 1. The van der Waals surface area contributed by atoms with E-state index in [2.05, 4.69) is 24.3 Å². The maximum atomic E-state index is 13.3. The molecular formula is C21H26ClN3O3. The molecule has 0 bridgehead atoms. The van der Waals surface area contributed by atoms with Crippen molar-refractivity contribution in [3.05, 3.63) is 45.8 Å². The summed E-state index contributed by atoms with van der Waals surface area (Å²) < 4.78 is 5.12. The highest BCUT2D eigenvalue weighted by Gasteiger charge is 2.31. The Morgan fingerprint density at radius 1 is 1.25 bits per heavy atom. The summed E-state index contributed by atoms with van der Waals surface area (Å²) in [7, 11) is 0. The number of halogens is 1. The highest BCUT2D eigenvalue weighted by Crippen LogP contribution is 2.29. The van der Waals surface area contributed by atoms with Crippen molar-refractivity contribution < 1.29 is 14.1 Å².